The van der Waals surface area contributed by atoms with E-state index in [9.17, 15) is 4.79 Å². The minimum Gasteiger partial charge on any atom is -0.481 e. The molecule has 2 N–H and O–H groups in total. The maximum absolute atomic E-state index is 11.8. The maximum Gasteiger partial charge on any atom is 0.266 e. The number of carbonyl (C=O) groups excluding carboxylic acids is 1. The van der Waals surface area contributed by atoms with Crippen LogP contribution >= 0.6 is 11.8 Å². The summed E-state index contributed by atoms with van der Waals surface area (Å²) in [5.41, 5.74) is 0. The fraction of sp³-hybridized carbons (Fsp3) is 0.231. The van der Waals surface area contributed by atoms with Crippen molar-refractivity contribution < 1.29 is 9.53 Å². The van der Waals surface area contributed by atoms with Crippen LogP contribution in [0.15, 0.2) is 41.4 Å². The van der Waals surface area contributed by atoms with Crippen molar-refractivity contribution >= 4 is 23.5 Å². The predicted octanol–water partition coefficient (Wildman–Crippen LogP) is 2.54. The Morgan fingerprint density at radius 3 is 2.68 bits per heavy atom. The van der Waals surface area contributed by atoms with Crippen molar-refractivity contribution in [1.29, 1.82) is 0 Å². The normalized spacial score (nSPS) is 11.9. The van der Waals surface area contributed by atoms with Gasteiger partial charge in [0.05, 0.1) is 6.20 Å². The summed E-state index contributed by atoms with van der Waals surface area (Å²) in [5.74, 6) is 1.00. The van der Waals surface area contributed by atoms with Gasteiger partial charge in [0.15, 0.2) is 6.10 Å². The number of hydrogen-bond acceptors (Lipinski definition) is 4. The zero-order valence-corrected chi connectivity index (χ0v) is 11.5. The minimum absolute atomic E-state index is 0.224. The molecule has 100 valence electrons. The molecule has 2 aromatic rings. The van der Waals surface area contributed by atoms with Crippen molar-refractivity contribution in [3.05, 3.63) is 36.5 Å². The second kappa shape index (κ2) is 6.29. The molecule has 1 heterocycles. The van der Waals surface area contributed by atoms with E-state index in [1.165, 1.54) is 0 Å². The average molecular weight is 277 g/mol. The van der Waals surface area contributed by atoms with Gasteiger partial charge in [0, 0.05) is 11.0 Å². The highest BCUT2D eigenvalue weighted by atomic mass is 32.2. The summed E-state index contributed by atoms with van der Waals surface area (Å²) in [7, 11) is 0. The van der Waals surface area contributed by atoms with Crippen LogP contribution in [0.2, 0.25) is 0 Å². The highest BCUT2D eigenvalue weighted by Crippen LogP contribution is 2.20. The molecule has 0 aliphatic rings. The molecule has 0 radical (unpaired) electrons. The zero-order chi connectivity index (χ0) is 13.7. The third kappa shape index (κ3) is 3.75. The largest absolute Gasteiger partial charge is 0.481 e. The molecule has 1 aromatic carbocycles. The quantitative estimate of drug-likeness (QED) is 0.824. The van der Waals surface area contributed by atoms with Crippen LogP contribution in [-0.2, 0) is 4.79 Å². The number of nitrogens with one attached hydrogen (secondary N) is 2. The van der Waals surface area contributed by atoms with E-state index in [0.29, 0.717) is 11.6 Å². The number of aromatic amines is 1. The number of benzene rings is 1. The zero-order valence-electron chi connectivity index (χ0n) is 10.7. The number of anilines is 1. The molecule has 1 aromatic heterocycles. The highest BCUT2D eigenvalue weighted by Gasteiger charge is 2.15. The molecular weight excluding hydrogens is 262 g/mol. The highest BCUT2D eigenvalue weighted by molar-refractivity contribution is 7.98. The van der Waals surface area contributed by atoms with Crippen LogP contribution in [0.3, 0.4) is 0 Å². The number of aromatic nitrogens is 2. The Kier molecular flexibility index (Phi) is 4.46. The van der Waals surface area contributed by atoms with Crippen molar-refractivity contribution in [2.24, 2.45) is 0 Å². The van der Waals surface area contributed by atoms with Crippen LogP contribution in [0.4, 0.5) is 5.82 Å². The van der Waals surface area contributed by atoms with Gasteiger partial charge in [-0.15, -0.1) is 11.8 Å². The summed E-state index contributed by atoms with van der Waals surface area (Å²) in [4.78, 5) is 13.0. The van der Waals surface area contributed by atoms with E-state index in [2.05, 4.69) is 15.5 Å². The smallest absolute Gasteiger partial charge is 0.266 e. The van der Waals surface area contributed by atoms with Crippen molar-refractivity contribution in [2.45, 2.75) is 17.9 Å². The Bertz CT molecular complexity index is 525. The van der Waals surface area contributed by atoms with Crippen LogP contribution in [0.25, 0.3) is 0 Å². The number of H-pyrrole nitrogens is 1. The van der Waals surface area contributed by atoms with Crippen molar-refractivity contribution in [3.63, 3.8) is 0 Å². The van der Waals surface area contributed by atoms with Gasteiger partial charge in [-0.25, -0.2) is 0 Å². The molecule has 0 fully saturated rings. The second-order valence-electron chi connectivity index (χ2n) is 3.90. The van der Waals surface area contributed by atoms with Crippen molar-refractivity contribution in [2.75, 3.05) is 11.6 Å². The molecule has 0 saturated heterocycles. The van der Waals surface area contributed by atoms with Gasteiger partial charge >= 0.3 is 0 Å². The summed E-state index contributed by atoms with van der Waals surface area (Å²) < 4.78 is 5.57. The summed E-state index contributed by atoms with van der Waals surface area (Å²) in [6, 6.07) is 9.30. The molecular formula is C13H15N3O2S. The van der Waals surface area contributed by atoms with E-state index in [0.717, 1.165) is 4.90 Å². The van der Waals surface area contributed by atoms with E-state index in [1.807, 2.05) is 30.5 Å². The van der Waals surface area contributed by atoms with Gasteiger partial charge in [0.2, 0.25) is 0 Å². The summed E-state index contributed by atoms with van der Waals surface area (Å²) in [6.45, 7) is 1.70. The number of rotatable bonds is 5. The number of carbonyl (C=O) groups is 1. The lowest BCUT2D eigenvalue weighted by Gasteiger charge is -2.14. The molecule has 2 rings (SSSR count). The van der Waals surface area contributed by atoms with Crippen molar-refractivity contribution in [1.82, 2.24) is 10.2 Å². The van der Waals surface area contributed by atoms with Crippen LogP contribution in [0.1, 0.15) is 6.92 Å². The molecule has 0 bridgehead atoms. The maximum atomic E-state index is 11.8. The van der Waals surface area contributed by atoms with Gasteiger partial charge in [-0.2, -0.15) is 5.10 Å². The number of nitrogens with zero attached hydrogens (tertiary/aromatic N) is 1. The molecule has 0 aliphatic heterocycles. The second-order valence-corrected chi connectivity index (χ2v) is 4.77. The van der Waals surface area contributed by atoms with Gasteiger partial charge in [0.1, 0.15) is 11.6 Å². The van der Waals surface area contributed by atoms with Gasteiger partial charge in [-0.1, -0.05) is 0 Å². The van der Waals surface area contributed by atoms with Crippen LogP contribution in [-0.4, -0.2) is 28.5 Å². The van der Waals surface area contributed by atoms with Gasteiger partial charge < -0.3 is 10.1 Å². The molecule has 5 nitrogen and oxygen atoms in total. The molecule has 1 atom stereocenters. The molecule has 1 amide bonds. The first-order valence-corrected chi connectivity index (χ1v) is 7.02. The van der Waals surface area contributed by atoms with E-state index in [4.69, 9.17) is 4.74 Å². The molecule has 0 saturated carbocycles. The van der Waals surface area contributed by atoms with Crippen LogP contribution in [0.5, 0.6) is 5.75 Å². The van der Waals surface area contributed by atoms with Crippen LogP contribution < -0.4 is 10.1 Å². The summed E-state index contributed by atoms with van der Waals surface area (Å²) in [6.07, 6.45) is 3.00. The topological polar surface area (TPSA) is 67.0 Å². The van der Waals surface area contributed by atoms with Gasteiger partial charge in [-0.05, 0) is 37.4 Å². The number of hydrogen-bond donors (Lipinski definition) is 2. The summed E-state index contributed by atoms with van der Waals surface area (Å²) >= 11 is 1.66. The fourth-order valence-electron chi connectivity index (χ4n) is 1.47. The molecule has 0 aliphatic carbocycles. The van der Waals surface area contributed by atoms with Gasteiger partial charge in [0.25, 0.3) is 5.91 Å². The Morgan fingerprint density at radius 1 is 1.37 bits per heavy atom. The van der Waals surface area contributed by atoms with Crippen LogP contribution in [0, 0.1) is 0 Å². The molecule has 19 heavy (non-hydrogen) atoms. The Morgan fingerprint density at radius 2 is 2.11 bits per heavy atom. The number of amides is 1. The molecule has 6 heteroatoms. The SMILES string of the molecule is CSc1ccc(OC(C)C(=O)Nc2ccn[nH]2)cc1. The minimum atomic E-state index is -0.580. The first-order valence-electron chi connectivity index (χ1n) is 5.80. The van der Waals surface area contributed by atoms with E-state index >= 15 is 0 Å². The lowest BCUT2D eigenvalue weighted by Crippen LogP contribution is -2.30. The van der Waals surface area contributed by atoms with Crippen molar-refractivity contribution in [3.8, 4) is 5.75 Å². The third-order valence-corrected chi connectivity index (χ3v) is 3.24. The third-order valence-electron chi connectivity index (χ3n) is 2.50. The first kappa shape index (κ1) is 13.5. The Labute approximate surface area is 115 Å². The Balaban J connectivity index is 1.92. The monoisotopic (exact) mass is 277 g/mol. The van der Waals surface area contributed by atoms with E-state index in [1.54, 1.807) is 30.9 Å². The standard InChI is InChI=1S/C13H15N3O2S/c1-9(13(17)15-12-7-8-14-16-12)18-10-3-5-11(19-2)6-4-10/h3-9H,1-2H3,(H2,14,15,16,17). The number of thioether (sulfide) groups is 1. The van der Waals surface area contributed by atoms with E-state index in [-0.39, 0.29) is 5.91 Å². The lowest BCUT2D eigenvalue weighted by atomic mass is 10.3. The van der Waals surface area contributed by atoms with Gasteiger partial charge in [-0.3, -0.25) is 9.89 Å². The van der Waals surface area contributed by atoms with E-state index < -0.39 is 6.10 Å². The average Bonchev–Trinajstić information content (AvgIpc) is 2.92. The Hall–Kier alpha value is -1.95. The first-order chi connectivity index (χ1) is 9.19. The number of ether oxygens (including phenoxy) is 1. The fourth-order valence-corrected chi connectivity index (χ4v) is 1.88. The predicted molar refractivity (Wildman–Crippen MR) is 75.5 cm³/mol. The molecule has 0 spiro atoms. The lowest BCUT2D eigenvalue weighted by molar-refractivity contribution is -0.122. The molecule has 1 unspecified atom stereocenters. The summed E-state index contributed by atoms with van der Waals surface area (Å²) in [5, 5.41) is 9.09.